The van der Waals surface area contributed by atoms with Crippen LogP contribution in [0.15, 0.2) is 54.7 Å². The fourth-order valence-electron chi connectivity index (χ4n) is 4.51. The topological polar surface area (TPSA) is 87.9 Å². The van der Waals surface area contributed by atoms with E-state index in [2.05, 4.69) is 4.98 Å². The molecule has 0 unspecified atom stereocenters. The Morgan fingerprint density at radius 3 is 2.28 bits per heavy atom. The molecule has 0 atom stereocenters. The molecule has 9 nitrogen and oxygen atoms in total. The molecule has 2 aromatic carbocycles. The Balaban J connectivity index is 1.80. The van der Waals surface area contributed by atoms with Gasteiger partial charge in [-0.1, -0.05) is 6.07 Å². The van der Waals surface area contributed by atoms with Gasteiger partial charge in [-0.25, -0.2) is 4.68 Å². The van der Waals surface area contributed by atoms with Crippen LogP contribution in [0.3, 0.4) is 0 Å². The first-order valence-corrected chi connectivity index (χ1v) is 12.6. The van der Waals surface area contributed by atoms with Crippen LogP contribution in [0, 0.1) is 0 Å². The predicted octanol–water partition coefficient (Wildman–Crippen LogP) is 5.39. The quantitative estimate of drug-likeness (QED) is 0.332. The highest BCUT2D eigenvalue weighted by molar-refractivity contribution is 5.97. The van der Waals surface area contributed by atoms with Crippen molar-refractivity contribution in [2.45, 2.75) is 32.9 Å². The summed E-state index contributed by atoms with van der Waals surface area (Å²) in [6.45, 7) is 6.13. The fourth-order valence-corrected chi connectivity index (χ4v) is 4.51. The van der Waals surface area contributed by atoms with Gasteiger partial charge in [-0.15, -0.1) is 0 Å². The Kier molecular flexibility index (Phi) is 6.68. The van der Waals surface area contributed by atoms with Gasteiger partial charge in [-0.2, -0.15) is 5.10 Å². The highest BCUT2D eigenvalue weighted by atomic mass is 16.5. The number of fused-ring (bicyclic) bond motifs is 3. The highest BCUT2D eigenvalue weighted by Gasteiger charge is 2.35. The lowest BCUT2D eigenvalue weighted by atomic mass is 9.97. The van der Waals surface area contributed by atoms with E-state index in [0.717, 1.165) is 22.5 Å². The second-order valence-electron chi connectivity index (χ2n) is 10.2. The highest BCUT2D eigenvalue weighted by Crippen LogP contribution is 2.46. The number of amides is 1. The van der Waals surface area contributed by atoms with Gasteiger partial charge in [0.2, 0.25) is 0 Å². The van der Waals surface area contributed by atoms with Crippen LogP contribution < -0.4 is 18.9 Å². The van der Waals surface area contributed by atoms with Crippen LogP contribution in [0.25, 0.3) is 28.2 Å². The zero-order valence-electron chi connectivity index (χ0n) is 23.2. The minimum atomic E-state index is -0.403. The van der Waals surface area contributed by atoms with Crippen LogP contribution in [0.5, 0.6) is 23.0 Å². The Hall–Kier alpha value is -4.53. The SMILES string of the molecule is COc1cc(OC)cc(-n2nc(C(=O)N(C)C(C)(C)C)c3c2-c2cc(-c4ccccn4)c(OC)cc2OC3)c1. The van der Waals surface area contributed by atoms with E-state index < -0.39 is 5.54 Å². The molecule has 202 valence electrons. The summed E-state index contributed by atoms with van der Waals surface area (Å²) in [6, 6.07) is 15.1. The lowest BCUT2D eigenvalue weighted by Crippen LogP contribution is -2.43. The molecule has 0 saturated carbocycles. The van der Waals surface area contributed by atoms with E-state index in [1.165, 1.54) is 0 Å². The van der Waals surface area contributed by atoms with Crippen LogP contribution in [0.1, 0.15) is 36.8 Å². The van der Waals surface area contributed by atoms with Crippen LogP contribution in [0.2, 0.25) is 0 Å². The van der Waals surface area contributed by atoms with E-state index in [9.17, 15) is 4.79 Å². The van der Waals surface area contributed by atoms with Gasteiger partial charge >= 0.3 is 0 Å². The van der Waals surface area contributed by atoms with Crippen molar-refractivity contribution in [3.05, 3.63) is 66.0 Å². The van der Waals surface area contributed by atoms with Crippen LogP contribution in [-0.4, -0.2) is 59.5 Å². The van der Waals surface area contributed by atoms with Crippen LogP contribution in [-0.2, 0) is 6.61 Å². The molecule has 0 spiro atoms. The number of ether oxygens (including phenoxy) is 4. The fraction of sp³-hybridized carbons (Fsp3) is 0.300. The Labute approximate surface area is 227 Å². The Bertz CT molecular complexity index is 1520. The summed E-state index contributed by atoms with van der Waals surface area (Å²) in [5, 5.41) is 4.88. The maximum atomic E-state index is 13.8. The summed E-state index contributed by atoms with van der Waals surface area (Å²) in [5.41, 5.74) is 4.36. The van der Waals surface area contributed by atoms with E-state index >= 15 is 0 Å². The lowest BCUT2D eigenvalue weighted by Gasteiger charge is -2.31. The minimum Gasteiger partial charge on any atom is -0.497 e. The number of pyridine rings is 1. The molecule has 5 rings (SSSR count). The van der Waals surface area contributed by atoms with Gasteiger partial charge in [0.25, 0.3) is 5.91 Å². The molecule has 39 heavy (non-hydrogen) atoms. The van der Waals surface area contributed by atoms with Crippen LogP contribution >= 0.6 is 0 Å². The predicted molar refractivity (Wildman–Crippen MR) is 148 cm³/mol. The van der Waals surface area contributed by atoms with Crippen molar-refractivity contribution in [2.75, 3.05) is 28.4 Å². The lowest BCUT2D eigenvalue weighted by molar-refractivity contribution is 0.0646. The summed E-state index contributed by atoms with van der Waals surface area (Å²) in [4.78, 5) is 20.0. The minimum absolute atomic E-state index is 0.175. The molecular formula is C30H32N4O5. The van der Waals surface area contributed by atoms with Gasteiger partial charge in [0, 0.05) is 59.7 Å². The molecule has 3 heterocycles. The Morgan fingerprint density at radius 2 is 1.69 bits per heavy atom. The number of carbonyl (C=O) groups is 1. The largest absolute Gasteiger partial charge is 0.497 e. The van der Waals surface area contributed by atoms with Crippen molar-refractivity contribution in [1.29, 1.82) is 0 Å². The van der Waals surface area contributed by atoms with Crippen molar-refractivity contribution in [2.24, 2.45) is 0 Å². The van der Waals surface area contributed by atoms with E-state index in [1.807, 2.05) is 63.2 Å². The monoisotopic (exact) mass is 528 g/mol. The van der Waals surface area contributed by atoms with Gasteiger partial charge in [-0.3, -0.25) is 9.78 Å². The normalized spacial score (nSPS) is 12.2. The maximum absolute atomic E-state index is 13.8. The average Bonchev–Trinajstić information content (AvgIpc) is 3.35. The summed E-state index contributed by atoms with van der Waals surface area (Å²) in [7, 11) is 6.59. The first-order chi connectivity index (χ1) is 18.7. The van der Waals surface area contributed by atoms with E-state index in [0.29, 0.717) is 39.9 Å². The van der Waals surface area contributed by atoms with Crippen molar-refractivity contribution in [3.8, 4) is 51.2 Å². The van der Waals surface area contributed by atoms with Crippen molar-refractivity contribution in [3.63, 3.8) is 0 Å². The molecule has 0 aliphatic carbocycles. The molecular weight excluding hydrogens is 496 g/mol. The maximum Gasteiger partial charge on any atom is 0.274 e. The second-order valence-corrected chi connectivity index (χ2v) is 10.2. The molecule has 0 N–H and O–H groups in total. The number of hydrogen-bond acceptors (Lipinski definition) is 7. The first kappa shape index (κ1) is 26.1. The summed E-state index contributed by atoms with van der Waals surface area (Å²) in [6.07, 6.45) is 1.74. The molecule has 0 bridgehead atoms. The average molecular weight is 529 g/mol. The molecule has 1 amide bonds. The number of rotatable bonds is 6. The van der Waals surface area contributed by atoms with Gasteiger partial charge in [-0.05, 0) is 39.0 Å². The number of nitrogens with zero attached hydrogens (tertiary/aromatic N) is 4. The molecule has 0 fully saturated rings. The number of benzene rings is 2. The van der Waals surface area contributed by atoms with Crippen molar-refractivity contribution < 1.29 is 23.7 Å². The van der Waals surface area contributed by atoms with Crippen LogP contribution in [0.4, 0.5) is 0 Å². The van der Waals surface area contributed by atoms with Gasteiger partial charge in [0.05, 0.1) is 38.4 Å². The number of carbonyl (C=O) groups excluding carboxylic acids is 1. The zero-order valence-corrected chi connectivity index (χ0v) is 23.2. The zero-order chi connectivity index (χ0) is 27.9. The van der Waals surface area contributed by atoms with Crippen molar-refractivity contribution >= 4 is 5.91 Å². The second kappa shape index (κ2) is 9.98. The van der Waals surface area contributed by atoms with Crippen molar-refractivity contribution in [1.82, 2.24) is 19.7 Å². The molecule has 0 radical (unpaired) electrons. The molecule has 1 aliphatic heterocycles. The number of methoxy groups -OCH3 is 3. The third-order valence-corrected chi connectivity index (χ3v) is 6.95. The number of hydrogen-bond donors (Lipinski definition) is 0. The molecule has 0 saturated heterocycles. The van der Waals surface area contributed by atoms with Gasteiger partial charge in [0.15, 0.2) is 5.69 Å². The summed E-state index contributed by atoms with van der Waals surface area (Å²) >= 11 is 0. The first-order valence-electron chi connectivity index (χ1n) is 12.6. The molecule has 4 aromatic rings. The van der Waals surface area contributed by atoms with Gasteiger partial charge < -0.3 is 23.8 Å². The Morgan fingerprint density at radius 1 is 0.974 bits per heavy atom. The summed E-state index contributed by atoms with van der Waals surface area (Å²) < 4.78 is 24.7. The summed E-state index contributed by atoms with van der Waals surface area (Å²) in [5.74, 6) is 2.26. The molecule has 1 aliphatic rings. The van der Waals surface area contributed by atoms with Gasteiger partial charge in [0.1, 0.15) is 29.6 Å². The standard InChI is InChI=1S/C30H32N4O5/c1-30(2,3)33(4)29(35)27-23-17-39-26-16-25(38-7)21(24-10-8-9-11-31-24)15-22(26)28(23)34(32-27)18-12-19(36-5)14-20(13-18)37-6/h8-16H,17H2,1-7H3. The number of aromatic nitrogens is 3. The van der Waals surface area contributed by atoms with E-state index in [1.54, 1.807) is 50.2 Å². The third-order valence-electron chi connectivity index (χ3n) is 6.95. The molecule has 9 heteroatoms. The smallest absolute Gasteiger partial charge is 0.274 e. The third kappa shape index (κ3) is 4.65. The van der Waals surface area contributed by atoms with E-state index in [4.69, 9.17) is 24.0 Å². The molecule has 2 aromatic heterocycles. The van der Waals surface area contributed by atoms with E-state index in [-0.39, 0.29) is 12.5 Å².